The van der Waals surface area contributed by atoms with Gasteiger partial charge < -0.3 is 19.6 Å². The van der Waals surface area contributed by atoms with Crippen LogP contribution in [0, 0.1) is 13.8 Å². The van der Waals surface area contributed by atoms with Crippen LogP contribution in [0.5, 0.6) is 5.75 Å². The molecule has 5 heteroatoms. The maximum absolute atomic E-state index is 12.3. The van der Waals surface area contributed by atoms with Crippen molar-refractivity contribution >= 4 is 22.6 Å². The number of furan rings is 1. The van der Waals surface area contributed by atoms with Crippen LogP contribution in [0.3, 0.4) is 0 Å². The summed E-state index contributed by atoms with van der Waals surface area (Å²) in [5.41, 5.74) is 4.71. The number of anilines is 1. The summed E-state index contributed by atoms with van der Waals surface area (Å²) in [7, 11) is 0. The number of nitrogens with one attached hydrogen (secondary N) is 1. The van der Waals surface area contributed by atoms with Gasteiger partial charge in [-0.1, -0.05) is 0 Å². The third-order valence-corrected chi connectivity index (χ3v) is 4.12. The van der Waals surface area contributed by atoms with Crippen molar-refractivity contribution in [1.82, 2.24) is 0 Å². The van der Waals surface area contributed by atoms with Crippen molar-refractivity contribution in [3.05, 3.63) is 59.4 Å². The number of carbonyl (C=O) groups excluding carboxylic acids is 1. The first-order valence-electron chi connectivity index (χ1n) is 8.17. The van der Waals surface area contributed by atoms with Crippen molar-refractivity contribution in [3.63, 3.8) is 0 Å². The van der Waals surface area contributed by atoms with Gasteiger partial charge in [-0.15, -0.1) is 0 Å². The third kappa shape index (κ3) is 4.00. The summed E-state index contributed by atoms with van der Waals surface area (Å²) in [6, 6.07) is 11.1. The van der Waals surface area contributed by atoms with Gasteiger partial charge in [-0.3, -0.25) is 4.79 Å². The molecule has 0 fully saturated rings. The van der Waals surface area contributed by atoms with Gasteiger partial charge in [-0.2, -0.15) is 0 Å². The van der Waals surface area contributed by atoms with E-state index in [4.69, 9.17) is 14.3 Å². The molecular weight excluding hydrogens is 318 g/mol. The second kappa shape index (κ2) is 7.40. The number of fused-ring (bicyclic) bond motifs is 1. The molecule has 5 nitrogen and oxygen atoms in total. The van der Waals surface area contributed by atoms with Gasteiger partial charge in [0.15, 0.2) is 0 Å². The van der Waals surface area contributed by atoms with E-state index in [2.05, 4.69) is 11.4 Å². The molecule has 25 heavy (non-hydrogen) atoms. The predicted molar refractivity (Wildman–Crippen MR) is 97.0 cm³/mol. The number of ether oxygens (including phenoxy) is 1. The Morgan fingerprint density at radius 1 is 1.16 bits per heavy atom. The molecule has 0 aliphatic heterocycles. The molecule has 0 unspecified atom stereocenters. The second-order valence-electron chi connectivity index (χ2n) is 6.01. The van der Waals surface area contributed by atoms with Gasteiger partial charge in [0, 0.05) is 16.6 Å². The topological polar surface area (TPSA) is 71.7 Å². The van der Waals surface area contributed by atoms with Crippen LogP contribution in [0.4, 0.5) is 5.69 Å². The molecule has 2 N–H and O–H groups in total. The minimum Gasteiger partial charge on any atom is -0.491 e. The number of aryl methyl sites for hydroxylation is 2. The molecule has 3 aromatic rings. The van der Waals surface area contributed by atoms with Gasteiger partial charge in [-0.25, -0.2) is 0 Å². The highest BCUT2D eigenvalue weighted by atomic mass is 16.5. The third-order valence-electron chi connectivity index (χ3n) is 4.12. The number of hydrogen-bond donors (Lipinski definition) is 2. The number of benzene rings is 2. The van der Waals surface area contributed by atoms with Crippen LogP contribution < -0.4 is 10.1 Å². The van der Waals surface area contributed by atoms with Gasteiger partial charge in [0.1, 0.15) is 17.9 Å². The molecule has 0 aliphatic rings. The highest BCUT2D eigenvalue weighted by Crippen LogP contribution is 2.25. The molecule has 0 radical (unpaired) electrons. The highest BCUT2D eigenvalue weighted by Gasteiger charge is 2.12. The molecule has 0 bridgehead atoms. The Balaban J connectivity index is 1.67. The fraction of sp³-hybridized carbons (Fsp3) is 0.250. The maximum Gasteiger partial charge on any atom is 0.228 e. The number of rotatable bonds is 6. The van der Waals surface area contributed by atoms with Crippen molar-refractivity contribution in [1.29, 1.82) is 0 Å². The number of aliphatic hydroxyl groups is 1. The first-order chi connectivity index (χ1) is 12.1. The summed E-state index contributed by atoms with van der Waals surface area (Å²) >= 11 is 0. The highest BCUT2D eigenvalue weighted by molar-refractivity contribution is 5.95. The molecule has 1 heterocycles. The number of aliphatic hydroxyl groups excluding tert-OH is 1. The van der Waals surface area contributed by atoms with Crippen molar-refractivity contribution in [2.45, 2.75) is 20.3 Å². The summed E-state index contributed by atoms with van der Waals surface area (Å²) in [5.74, 6) is 0.545. The normalized spacial score (nSPS) is 10.8. The lowest BCUT2D eigenvalue weighted by Crippen LogP contribution is -2.14. The lowest BCUT2D eigenvalue weighted by molar-refractivity contribution is -0.115. The average Bonchev–Trinajstić information content (AvgIpc) is 2.96. The molecule has 130 valence electrons. The van der Waals surface area contributed by atoms with E-state index in [0.717, 1.165) is 16.5 Å². The fourth-order valence-corrected chi connectivity index (χ4v) is 2.65. The standard InChI is InChI=1S/C20H21NO4/c1-13-9-18-15(12-25-19(18)10-14(13)2)11-20(23)21-16-3-5-17(6-4-16)24-8-7-22/h3-6,9-10,12,22H,7-8,11H2,1-2H3,(H,21,23). The van der Waals surface area contributed by atoms with Crippen LogP contribution >= 0.6 is 0 Å². The van der Waals surface area contributed by atoms with E-state index in [1.165, 1.54) is 11.1 Å². The zero-order valence-electron chi connectivity index (χ0n) is 14.3. The predicted octanol–water partition coefficient (Wildman–Crippen LogP) is 3.60. The maximum atomic E-state index is 12.3. The second-order valence-corrected chi connectivity index (χ2v) is 6.01. The van der Waals surface area contributed by atoms with E-state index in [1.54, 1.807) is 30.5 Å². The Hall–Kier alpha value is -2.79. The lowest BCUT2D eigenvalue weighted by atomic mass is 10.0. The molecule has 0 aliphatic carbocycles. The van der Waals surface area contributed by atoms with Crippen molar-refractivity contribution in [3.8, 4) is 5.75 Å². The van der Waals surface area contributed by atoms with Crippen molar-refractivity contribution < 1.29 is 19.1 Å². The van der Waals surface area contributed by atoms with E-state index in [9.17, 15) is 4.79 Å². The summed E-state index contributed by atoms with van der Waals surface area (Å²) in [6.45, 7) is 4.30. The van der Waals surface area contributed by atoms with Crippen LogP contribution in [0.2, 0.25) is 0 Å². The summed E-state index contributed by atoms with van der Waals surface area (Å²) in [5, 5.41) is 12.6. The largest absolute Gasteiger partial charge is 0.491 e. The number of amides is 1. The van der Waals surface area contributed by atoms with Crippen LogP contribution in [0.15, 0.2) is 47.1 Å². The monoisotopic (exact) mass is 339 g/mol. The number of carbonyl (C=O) groups is 1. The van der Waals surface area contributed by atoms with Gasteiger partial charge in [0.05, 0.1) is 19.3 Å². The Bertz CT molecular complexity index is 881. The van der Waals surface area contributed by atoms with E-state index < -0.39 is 0 Å². The SMILES string of the molecule is Cc1cc2occ(CC(=O)Nc3ccc(OCCO)cc3)c2cc1C. The Morgan fingerprint density at radius 3 is 2.60 bits per heavy atom. The molecule has 0 spiro atoms. The van der Waals surface area contributed by atoms with Crippen LogP contribution in [0.1, 0.15) is 16.7 Å². The first kappa shape index (κ1) is 17.0. The fourth-order valence-electron chi connectivity index (χ4n) is 2.65. The number of hydrogen-bond acceptors (Lipinski definition) is 4. The Morgan fingerprint density at radius 2 is 1.88 bits per heavy atom. The molecule has 1 amide bonds. The lowest BCUT2D eigenvalue weighted by Gasteiger charge is -2.07. The van der Waals surface area contributed by atoms with Gasteiger partial charge in [0.25, 0.3) is 0 Å². The molecule has 3 rings (SSSR count). The van der Waals surface area contributed by atoms with Gasteiger partial charge >= 0.3 is 0 Å². The van der Waals surface area contributed by atoms with Crippen molar-refractivity contribution in [2.24, 2.45) is 0 Å². The quantitative estimate of drug-likeness (QED) is 0.720. The molecule has 0 atom stereocenters. The average molecular weight is 339 g/mol. The molecule has 0 saturated heterocycles. The molecule has 2 aromatic carbocycles. The van der Waals surface area contributed by atoms with E-state index in [-0.39, 0.29) is 25.5 Å². The van der Waals surface area contributed by atoms with E-state index >= 15 is 0 Å². The van der Waals surface area contributed by atoms with E-state index in [0.29, 0.717) is 11.4 Å². The Kier molecular flexibility index (Phi) is 5.05. The smallest absolute Gasteiger partial charge is 0.228 e. The first-order valence-corrected chi connectivity index (χ1v) is 8.17. The molecule has 0 saturated carbocycles. The zero-order valence-corrected chi connectivity index (χ0v) is 14.3. The van der Waals surface area contributed by atoms with Crippen LogP contribution in [0.25, 0.3) is 11.0 Å². The molecular formula is C20H21NO4. The minimum absolute atomic E-state index is 0.0316. The summed E-state index contributed by atoms with van der Waals surface area (Å²) in [6.07, 6.45) is 1.90. The minimum atomic E-state index is -0.107. The summed E-state index contributed by atoms with van der Waals surface area (Å²) < 4.78 is 10.9. The van der Waals surface area contributed by atoms with E-state index in [1.807, 2.05) is 19.9 Å². The molecule has 1 aromatic heterocycles. The Labute approximate surface area is 146 Å². The zero-order chi connectivity index (χ0) is 17.8. The van der Waals surface area contributed by atoms with Crippen LogP contribution in [-0.2, 0) is 11.2 Å². The van der Waals surface area contributed by atoms with Gasteiger partial charge in [0.2, 0.25) is 5.91 Å². The summed E-state index contributed by atoms with van der Waals surface area (Å²) in [4.78, 5) is 12.3. The van der Waals surface area contributed by atoms with Crippen molar-refractivity contribution in [2.75, 3.05) is 18.5 Å². The van der Waals surface area contributed by atoms with Crippen LogP contribution in [-0.4, -0.2) is 24.2 Å². The van der Waals surface area contributed by atoms with Gasteiger partial charge in [-0.05, 0) is 61.4 Å².